The normalized spacial score (nSPS) is 19.5. The lowest BCUT2D eigenvalue weighted by molar-refractivity contribution is 0.0364. The predicted octanol–water partition coefficient (Wildman–Crippen LogP) is 2.99. The third-order valence-corrected chi connectivity index (χ3v) is 5.08. The lowest BCUT2D eigenvalue weighted by Crippen LogP contribution is -2.38. The second kappa shape index (κ2) is 6.01. The van der Waals surface area contributed by atoms with Crippen molar-refractivity contribution in [2.24, 2.45) is 0 Å². The van der Waals surface area contributed by atoms with Crippen molar-refractivity contribution in [3.05, 3.63) is 35.3 Å². The largest absolute Gasteiger partial charge is 0.379 e. The van der Waals surface area contributed by atoms with Crippen molar-refractivity contribution in [3.63, 3.8) is 0 Å². The standard InChI is InChI=1S/C18H23FN2O/c19-14-5-6-18-16(13-14)15-3-1-2-4-17(15)21(18)8-7-20-9-11-22-12-10-20/h5-6,13H,1-4,7-12H2. The van der Waals surface area contributed by atoms with Gasteiger partial charge in [-0.25, -0.2) is 4.39 Å². The van der Waals surface area contributed by atoms with Crippen LogP contribution in [0.2, 0.25) is 0 Å². The number of fused-ring (bicyclic) bond motifs is 3. The van der Waals surface area contributed by atoms with E-state index in [2.05, 4.69) is 9.47 Å². The summed E-state index contributed by atoms with van der Waals surface area (Å²) in [5.74, 6) is -0.119. The molecular formula is C18H23FN2O. The number of hydrogen-bond donors (Lipinski definition) is 0. The van der Waals surface area contributed by atoms with Gasteiger partial charge in [0.05, 0.1) is 13.2 Å². The quantitative estimate of drug-likeness (QED) is 0.867. The maximum Gasteiger partial charge on any atom is 0.123 e. The smallest absolute Gasteiger partial charge is 0.123 e. The summed E-state index contributed by atoms with van der Waals surface area (Å²) >= 11 is 0. The second-order valence-electron chi connectivity index (χ2n) is 6.40. The van der Waals surface area contributed by atoms with E-state index < -0.39 is 0 Å². The van der Waals surface area contributed by atoms with Gasteiger partial charge in [0.15, 0.2) is 0 Å². The molecule has 2 heterocycles. The molecular weight excluding hydrogens is 279 g/mol. The lowest BCUT2D eigenvalue weighted by Gasteiger charge is -2.27. The molecule has 1 aliphatic heterocycles. The van der Waals surface area contributed by atoms with Gasteiger partial charge in [-0.2, -0.15) is 0 Å². The number of nitrogens with zero attached hydrogens (tertiary/aromatic N) is 2. The molecule has 0 atom stereocenters. The van der Waals surface area contributed by atoms with Gasteiger partial charge in [-0.15, -0.1) is 0 Å². The monoisotopic (exact) mass is 302 g/mol. The van der Waals surface area contributed by atoms with E-state index in [-0.39, 0.29) is 5.82 Å². The number of benzene rings is 1. The molecule has 1 saturated heterocycles. The molecule has 0 bridgehead atoms. The number of aromatic nitrogens is 1. The van der Waals surface area contributed by atoms with Crippen LogP contribution >= 0.6 is 0 Å². The van der Waals surface area contributed by atoms with Crippen LogP contribution in [0.3, 0.4) is 0 Å². The maximum atomic E-state index is 13.7. The summed E-state index contributed by atoms with van der Waals surface area (Å²) in [5.41, 5.74) is 4.05. The average molecular weight is 302 g/mol. The number of hydrogen-bond acceptors (Lipinski definition) is 2. The molecule has 0 spiro atoms. The number of halogens is 1. The van der Waals surface area contributed by atoms with Crippen LogP contribution in [-0.2, 0) is 24.1 Å². The van der Waals surface area contributed by atoms with E-state index in [0.717, 1.165) is 57.6 Å². The fraction of sp³-hybridized carbons (Fsp3) is 0.556. The predicted molar refractivity (Wildman–Crippen MR) is 85.8 cm³/mol. The van der Waals surface area contributed by atoms with Crippen molar-refractivity contribution in [2.45, 2.75) is 32.2 Å². The molecule has 118 valence electrons. The summed E-state index contributed by atoms with van der Waals surface area (Å²) in [6.45, 7) is 5.78. The molecule has 0 unspecified atom stereocenters. The molecule has 3 nitrogen and oxygen atoms in total. The highest BCUT2D eigenvalue weighted by molar-refractivity contribution is 5.86. The highest BCUT2D eigenvalue weighted by Crippen LogP contribution is 2.32. The number of rotatable bonds is 3. The average Bonchev–Trinajstić information content (AvgIpc) is 2.87. The number of ether oxygens (including phenoxy) is 1. The van der Waals surface area contributed by atoms with Crippen molar-refractivity contribution in [2.75, 3.05) is 32.8 Å². The molecule has 0 saturated carbocycles. The van der Waals surface area contributed by atoms with Crippen LogP contribution in [0.5, 0.6) is 0 Å². The van der Waals surface area contributed by atoms with Crippen molar-refractivity contribution in [1.82, 2.24) is 9.47 Å². The topological polar surface area (TPSA) is 17.4 Å². The van der Waals surface area contributed by atoms with Gasteiger partial charge in [-0.3, -0.25) is 4.90 Å². The Morgan fingerprint density at radius 1 is 1.05 bits per heavy atom. The fourth-order valence-corrected chi connectivity index (χ4v) is 3.93. The Balaban J connectivity index is 1.66. The van der Waals surface area contributed by atoms with Crippen LogP contribution in [0.4, 0.5) is 4.39 Å². The highest BCUT2D eigenvalue weighted by atomic mass is 19.1. The fourth-order valence-electron chi connectivity index (χ4n) is 3.93. The molecule has 1 aromatic heterocycles. The van der Waals surface area contributed by atoms with E-state index in [4.69, 9.17) is 4.74 Å². The Bertz CT molecular complexity index is 673. The van der Waals surface area contributed by atoms with Crippen LogP contribution in [0.25, 0.3) is 10.9 Å². The van der Waals surface area contributed by atoms with Crippen LogP contribution in [0.15, 0.2) is 18.2 Å². The van der Waals surface area contributed by atoms with E-state index >= 15 is 0 Å². The molecule has 4 heteroatoms. The minimum atomic E-state index is -0.119. The first-order chi connectivity index (χ1) is 10.8. The maximum absolute atomic E-state index is 13.7. The van der Waals surface area contributed by atoms with Gasteiger partial charge in [0, 0.05) is 42.8 Å². The van der Waals surface area contributed by atoms with Crippen LogP contribution in [0.1, 0.15) is 24.1 Å². The van der Waals surface area contributed by atoms with E-state index in [1.54, 1.807) is 12.1 Å². The van der Waals surface area contributed by atoms with Crippen molar-refractivity contribution in [3.8, 4) is 0 Å². The Hall–Kier alpha value is -1.39. The van der Waals surface area contributed by atoms with Gasteiger partial charge in [-0.1, -0.05) is 0 Å². The first-order valence-electron chi connectivity index (χ1n) is 8.42. The van der Waals surface area contributed by atoms with E-state index in [0.29, 0.717) is 0 Å². The van der Waals surface area contributed by atoms with Crippen molar-refractivity contribution < 1.29 is 9.13 Å². The Morgan fingerprint density at radius 2 is 1.86 bits per heavy atom. The second-order valence-corrected chi connectivity index (χ2v) is 6.40. The molecule has 2 aromatic rings. The Morgan fingerprint density at radius 3 is 2.73 bits per heavy atom. The summed E-state index contributed by atoms with van der Waals surface area (Å²) in [7, 11) is 0. The van der Waals surface area contributed by atoms with Crippen molar-refractivity contribution >= 4 is 10.9 Å². The first kappa shape index (κ1) is 14.2. The summed E-state index contributed by atoms with van der Waals surface area (Å²) in [5, 5.41) is 1.14. The zero-order valence-electron chi connectivity index (χ0n) is 13.0. The van der Waals surface area contributed by atoms with Crippen LogP contribution in [-0.4, -0.2) is 42.3 Å². The van der Waals surface area contributed by atoms with Gasteiger partial charge < -0.3 is 9.30 Å². The molecule has 0 amide bonds. The number of aryl methyl sites for hydroxylation is 1. The van der Waals surface area contributed by atoms with Crippen molar-refractivity contribution in [1.29, 1.82) is 0 Å². The summed E-state index contributed by atoms with van der Waals surface area (Å²) in [6, 6.07) is 5.28. The van der Waals surface area contributed by atoms with Crippen LogP contribution < -0.4 is 0 Å². The zero-order chi connectivity index (χ0) is 14.9. The van der Waals surface area contributed by atoms with Gasteiger partial charge in [-0.05, 0) is 49.4 Å². The Labute approximate surface area is 130 Å². The molecule has 1 fully saturated rings. The molecule has 1 aromatic carbocycles. The van der Waals surface area contributed by atoms with E-state index in [1.165, 1.54) is 29.6 Å². The minimum Gasteiger partial charge on any atom is -0.379 e. The third-order valence-electron chi connectivity index (χ3n) is 5.08. The molecule has 0 radical (unpaired) electrons. The Kier molecular flexibility index (Phi) is 3.89. The first-order valence-corrected chi connectivity index (χ1v) is 8.42. The van der Waals surface area contributed by atoms with E-state index in [1.807, 2.05) is 6.07 Å². The van der Waals surface area contributed by atoms with Gasteiger partial charge >= 0.3 is 0 Å². The lowest BCUT2D eigenvalue weighted by atomic mass is 9.95. The van der Waals surface area contributed by atoms with E-state index in [9.17, 15) is 4.39 Å². The SMILES string of the molecule is Fc1ccc2c(c1)c1c(n2CCN2CCOCC2)CCCC1. The zero-order valence-corrected chi connectivity index (χ0v) is 13.0. The van der Waals surface area contributed by atoms with Gasteiger partial charge in [0.1, 0.15) is 5.82 Å². The minimum absolute atomic E-state index is 0.119. The van der Waals surface area contributed by atoms with Gasteiger partial charge in [0.2, 0.25) is 0 Å². The molecule has 0 N–H and O–H groups in total. The highest BCUT2D eigenvalue weighted by Gasteiger charge is 2.21. The third kappa shape index (κ3) is 2.55. The molecule has 1 aliphatic carbocycles. The summed E-state index contributed by atoms with van der Waals surface area (Å²) in [6.07, 6.45) is 4.71. The molecule has 22 heavy (non-hydrogen) atoms. The molecule has 4 rings (SSSR count). The van der Waals surface area contributed by atoms with Gasteiger partial charge in [0.25, 0.3) is 0 Å². The summed E-state index contributed by atoms with van der Waals surface area (Å²) in [4.78, 5) is 2.47. The molecule has 2 aliphatic rings. The number of morpholine rings is 1. The summed E-state index contributed by atoms with van der Waals surface area (Å²) < 4.78 is 21.5. The van der Waals surface area contributed by atoms with Crippen LogP contribution in [0, 0.1) is 5.82 Å².